The Hall–Kier alpha value is -3.13. The molecule has 4 nitrogen and oxygen atoms in total. The average Bonchev–Trinajstić information content (AvgIpc) is 2.61. The highest BCUT2D eigenvalue weighted by molar-refractivity contribution is 5.79. The molecule has 5 heteroatoms. The summed E-state index contributed by atoms with van der Waals surface area (Å²) in [6.07, 6.45) is 0.429. The summed E-state index contributed by atoms with van der Waals surface area (Å²) in [6.45, 7) is 0.523. The standard InChI is InChI=1S/C19H16FNO3/c20-18-10-9-16(17(12-18)13-22)8-4-5-11-21-19(23)24-14-15-6-2-1-3-7-15/h1-3,6-7,9-10,12-13H,5,11,14H2,(H,21,23). The van der Waals surface area contributed by atoms with Crippen LogP contribution in [0.4, 0.5) is 9.18 Å². The van der Waals surface area contributed by atoms with Gasteiger partial charge in [-0.25, -0.2) is 9.18 Å². The van der Waals surface area contributed by atoms with Crippen molar-refractivity contribution in [2.75, 3.05) is 6.54 Å². The smallest absolute Gasteiger partial charge is 0.407 e. The van der Waals surface area contributed by atoms with Crippen molar-refractivity contribution in [2.24, 2.45) is 0 Å². The van der Waals surface area contributed by atoms with Gasteiger partial charge in [0.1, 0.15) is 12.4 Å². The summed E-state index contributed by atoms with van der Waals surface area (Å²) < 4.78 is 18.0. The summed E-state index contributed by atoms with van der Waals surface area (Å²) in [5.41, 5.74) is 1.57. The van der Waals surface area contributed by atoms with Gasteiger partial charge in [-0.05, 0) is 23.8 Å². The Morgan fingerprint density at radius 1 is 1.21 bits per heavy atom. The minimum absolute atomic E-state index is 0.205. The molecule has 0 aromatic heterocycles. The number of rotatable bonds is 5. The van der Waals surface area contributed by atoms with Crippen molar-refractivity contribution in [1.29, 1.82) is 0 Å². The molecule has 2 rings (SSSR count). The van der Waals surface area contributed by atoms with Gasteiger partial charge in [-0.3, -0.25) is 4.79 Å². The lowest BCUT2D eigenvalue weighted by Gasteiger charge is -2.05. The van der Waals surface area contributed by atoms with Crippen molar-refractivity contribution < 1.29 is 18.7 Å². The zero-order chi connectivity index (χ0) is 17.2. The van der Waals surface area contributed by atoms with E-state index in [-0.39, 0.29) is 12.2 Å². The summed E-state index contributed by atoms with van der Waals surface area (Å²) in [5, 5.41) is 2.58. The molecular weight excluding hydrogens is 309 g/mol. The molecule has 24 heavy (non-hydrogen) atoms. The molecule has 0 atom stereocenters. The molecule has 1 N–H and O–H groups in total. The summed E-state index contributed by atoms with van der Waals surface area (Å²) in [4.78, 5) is 22.4. The van der Waals surface area contributed by atoms with Crippen LogP contribution < -0.4 is 5.32 Å². The molecule has 0 aliphatic heterocycles. The van der Waals surface area contributed by atoms with E-state index in [1.165, 1.54) is 12.1 Å². The van der Waals surface area contributed by atoms with Gasteiger partial charge in [-0.2, -0.15) is 0 Å². The number of halogens is 1. The highest BCUT2D eigenvalue weighted by Crippen LogP contribution is 2.07. The third-order valence-electron chi connectivity index (χ3n) is 3.10. The monoisotopic (exact) mass is 325 g/mol. The number of benzene rings is 2. The van der Waals surface area contributed by atoms with Gasteiger partial charge in [-0.15, -0.1) is 0 Å². The maximum Gasteiger partial charge on any atom is 0.407 e. The molecule has 0 aliphatic rings. The Balaban J connectivity index is 1.73. The highest BCUT2D eigenvalue weighted by Gasteiger charge is 2.02. The van der Waals surface area contributed by atoms with Crippen LogP contribution in [0, 0.1) is 17.7 Å². The number of alkyl carbamates (subject to hydrolysis) is 1. The Kier molecular flexibility index (Phi) is 6.54. The van der Waals surface area contributed by atoms with E-state index in [2.05, 4.69) is 17.2 Å². The molecule has 0 spiro atoms. The molecule has 0 bridgehead atoms. The van der Waals surface area contributed by atoms with Gasteiger partial charge in [-0.1, -0.05) is 42.2 Å². The van der Waals surface area contributed by atoms with Crippen LogP contribution in [0.1, 0.15) is 27.9 Å². The summed E-state index contributed by atoms with van der Waals surface area (Å²) in [6, 6.07) is 13.2. The number of aldehydes is 1. The fourth-order valence-corrected chi connectivity index (χ4v) is 1.90. The van der Waals surface area contributed by atoms with Crippen LogP contribution in [0.2, 0.25) is 0 Å². The van der Waals surface area contributed by atoms with E-state index in [0.717, 1.165) is 11.6 Å². The normalized spacial score (nSPS) is 9.54. The molecular formula is C19H16FNO3. The zero-order valence-electron chi connectivity index (χ0n) is 12.9. The molecule has 122 valence electrons. The summed E-state index contributed by atoms with van der Waals surface area (Å²) in [7, 11) is 0. The fraction of sp³-hybridized carbons (Fsp3) is 0.158. The second kappa shape index (κ2) is 9.11. The first-order valence-corrected chi connectivity index (χ1v) is 7.37. The second-order valence-corrected chi connectivity index (χ2v) is 4.89. The van der Waals surface area contributed by atoms with Gasteiger partial charge in [0.05, 0.1) is 0 Å². The third-order valence-corrected chi connectivity index (χ3v) is 3.10. The Morgan fingerprint density at radius 2 is 2.00 bits per heavy atom. The van der Waals surface area contributed by atoms with Crippen molar-refractivity contribution in [3.05, 3.63) is 71.0 Å². The number of nitrogens with one attached hydrogen (secondary N) is 1. The SMILES string of the molecule is O=Cc1cc(F)ccc1C#CCCNC(=O)OCc1ccccc1. The first kappa shape index (κ1) is 17.2. The van der Waals surface area contributed by atoms with E-state index in [1.807, 2.05) is 30.3 Å². The van der Waals surface area contributed by atoms with E-state index >= 15 is 0 Å². The van der Waals surface area contributed by atoms with E-state index in [4.69, 9.17) is 4.74 Å². The average molecular weight is 325 g/mol. The maximum atomic E-state index is 13.0. The lowest BCUT2D eigenvalue weighted by molar-refractivity contribution is 0.112. The number of amides is 1. The van der Waals surface area contributed by atoms with Crippen molar-refractivity contribution in [3.63, 3.8) is 0 Å². The highest BCUT2D eigenvalue weighted by atomic mass is 19.1. The quantitative estimate of drug-likeness (QED) is 0.521. The van der Waals surface area contributed by atoms with Crippen molar-refractivity contribution in [2.45, 2.75) is 13.0 Å². The fourth-order valence-electron chi connectivity index (χ4n) is 1.90. The van der Waals surface area contributed by atoms with E-state index in [9.17, 15) is 14.0 Å². The van der Waals surface area contributed by atoms with Gasteiger partial charge in [0.15, 0.2) is 6.29 Å². The third kappa shape index (κ3) is 5.58. The van der Waals surface area contributed by atoms with Gasteiger partial charge in [0.25, 0.3) is 0 Å². The second-order valence-electron chi connectivity index (χ2n) is 4.89. The molecule has 0 unspecified atom stereocenters. The van der Waals surface area contributed by atoms with E-state index in [1.54, 1.807) is 0 Å². The topological polar surface area (TPSA) is 55.4 Å². The van der Waals surface area contributed by atoms with E-state index < -0.39 is 11.9 Å². The largest absolute Gasteiger partial charge is 0.445 e. The van der Waals surface area contributed by atoms with Gasteiger partial charge >= 0.3 is 6.09 Å². The van der Waals surface area contributed by atoms with Crippen LogP contribution in [0.3, 0.4) is 0 Å². The minimum atomic E-state index is -0.518. The Bertz CT molecular complexity index is 763. The van der Waals surface area contributed by atoms with Gasteiger partial charge in [0.2, 0.25) is 0 Å². The Labute approximate surface area is 139 Å². The summed E-state index contributed by atoms with van der Waals surface area (Å²) in [5.74, 6) is 5.13. The van der Waals surface area contributed by atoms with Crippen LogP contribution in [0.25, 0.3) is 0 Å². The Morgan fingerprint density at radius 3 is 2.75 bits per heavy atom. The maximum absolute atomic E-state index is 13.0. The van der Waals surface area contributed by atoms with Crippen molar-refractivity contribution in [1.82, 2.24) is 5.32 Å². The zero-order valence-corrected chi connectivity index (χ0v) is 12.9. The minimum Gasteiger partial charge on any atom is -0.445 e. The number of hydrogen-bond acceptors (Lipinski definition) is 3. The number of carbonyl (C=O) groups is 2. The number of hydrogen-bond donors (Lipinski definition) is 1. The lowest BCUT2D eigenvalue weighted by Crippen LogP contribution is -2.24. The van der Waals surface area contributed by atoms with E-state index in [0.29, 0.717) is 24.8 Å². The van der Waals surface area contributed by atoms with Gasteiger partial charge < -0.3 is 10.1 Å². The van der Waals surface area contributed by atoms with Crippen LogP contribution in [0.5, 0.6) is 0 Å². The van der Waals surface area contributed by atoms with Crippen LogP contribution in [-0.4, -0.2) is 18.9 Å². The van der Waals surface area contributed by atoms with Crippen molar-refractivity contribution in [3.8, 4) is 11.8 Å². The van der Waals surface area contributed by atoms with Crippen LogP contribution >= 0.6 is 0 Å². The number of carbonyl (C=O) groups excluding carboxylic acids is 2. The van der Waals surface area contributed by atoms with Crippen molar-refractivity contribution >= 4 is 12.4 Å². The van der Waals surface area contributed by atoms with Crippen LogP contribution in [-0.2, 0) is 11.3 Å². The summed E-state index contributed by atoms with van der Waals surface area (Å²) >= 11 is 0. The lowest BCUT2D eigenvalue weighted by atomic mass is 10.1. The first-order valence-electron chi connectivity index (χ1n) is 7.37. The molecule has 0 fully saturated rings. The first-order chi connectivity index (χ1) is 11.7. The molecule has 0 saturated carbocycles. The predicted molar refractivity (Wildman–Crippen MR) is 87.9 cm³/mol. The molecule has 2 aromatic carbocycles. The molecule has 2 aromatic rings. The van der Waals surface area contributed by atoms with Crippen LogP contribution in [0.15, 0.2) is 48.5 Å². The van der Waals surface area contributed by atoms with Gasteiger partial charge in [0, 0.05) is 24.1 Å². The molecule has 0 saturated heterocycles. The number of ether oxygens (including phenoxy) is 1. The molecule has 0 radical (unpaired) electrons. The molecule has 0 aliphatic carbocycles. The molecule has 1 amide bonds. The predicted octanol–water partition coefficient (Wildman–Crippen LogP) is 3.31. The molecule has 0 heterocycles.